The predicted molar refractivity (Wildman–Crippen MR) is 206 cm³/mol. The first-order chi connectivity index (χ1) is 24.8. The second kappa shape index (κ2) is 16.3. The first kappa shape index (κ1) is 38.6. The van der Waals surface area contributed by atoms with E-state index in [1.54, 1.807) is 20.1 Å². The van der Waals surface area contributed by atoms with Crippen LogP contribution in [-0.2, 0) is 19.0 Å². The van der Waals surface area contributed by atoms with Gasteiger partial charge in [0.15, 0.2) is 11.8 Å². The van der Waals surface area contributed by atoms with Crippen LogP contribution in [0.2, 0.25) is 0 Å². The van der Waals surface area contributed by atoms with Crippen molar-refractivity contribution in [2.24, 2.45) is 0 Å². The smallest absolute Gasteiger partial charge is 0.340 e. The highest BCUT2D eigenvalue weighted by atomic mass is 16.6. The average Bonchev–Trinajstić information content (AvgIpc) is 3.53. The largest absolute Gasteiger partial charge is 0.497 e. The van der Waals surface area contributed by atoms with E-state index in [9.17, 15) is 4.79 Å². The van der Waals surface area contributed by atoms with Crippen LogP contribution in [-0.4, -0.2) is 71.3 Å². The van der Waals surface area contributed by atoms with Crippen molar-refractivity contribution in [1.29, 1.82) is 0 Å². The van der Waals surface area contributed by atoms with E-state index in [0.717, 1.165) is 59.0 Å². The third-order valence-corrected chi connectivity index (χ3v) is 9.19. The molecule has 2 unspecified atom stereocenters. The van der Waals surface area contributed by atoms with Crippen molar-refractivity contribution in [2.75, 3.05) is 38.3 Å². The number of fused-ring (bicyclic) bond motifs is 1. The molecule has 0 spiro atoms. The Morgan fingerprint density at radius 3 is 2.44 bits per heavy atom. The number of piperidine rings is 1. The summed E-state index contributed by atoms with van der Waals surface area (Å²) < 4.78 is 32.1. The number of nitrogens with zero attached hydrogens (tertiary/aromatic N) is 4. The number of ether oxygens (including phenoxy) is 5. The Bertz CT molecular complexity index is 1890. The van der Waals surface area contributed by atoms with Crippen LogP contribution in [0.5, 0.6) is 11.5 Å². The van der Waals surface area contributed by atoms with Gasteiger partial charge in [0.05, 0.1) is 48.9 Å². The summed E-state index contributed by atoms with van der Waals surface area (Å²) in [7, 11) is 1.66. The molecule has 0 N–H and O–H groups in total. The van der Waals surface area contributed by atoms with E-state index in [-0.39, 0.29) is 18.3 Å². The number of esters is 1. The lowest BCUT2D eigenvalue weighted by Gasteiger charge is -2.41. The molecule has 3 heterocycles. The molecule has 1 aliphatic heterocycles. The topological polar surface area (TPSA) is 96.7 Å². The molecular weight excluding hydrogens is 656 g/mol. The third-order valence-electron chi connectivity index (χ3n) is 9.19. The number of benzene rings is 2. The molecule has 10 nitrogen and oxygen atoms in total. The third kappa shape index (κ3) is 8.85. The lowest BCUT2D eigenvalue weighted by atomic mass is 9.92. The number of anilines is 1. The maximum absolute atomic E-state index is 13.7. The Morgan fingerprint density at radius 2 is 1.79 bits per heavy atom. The van der Waals surface area contributed by atoms with Crippen molar-refractivity contribution >= 4 is 17.4 Å². The molecule has 1 saturated heterocycles. The highest BCUT2D eigenvalue weighted by Gasteiger charge is 2.38. The van der Waals surface area contributed by atoms with Gasteiger partial charge in [-0.1, -0.05) is 30.4 Å². The van der Waals surface area contributed by atoms with Gasteiger partial charge in [-0.15, -0.1) is 13.2 Å². The van der Waals surface area contributed by atoms with E-state index >= 15 is 0 Å². The average molecular weight is 711 g/mol. The second-order valence-electron chi connectivity index (χ2n) is 14.5. The summed E-state index contributed by atoms with van der Waals surface area (Å²) in [5.41, 5.74) is 4.54. The second-order valence-corrected chi connectivity index (χ2v) is 14.5. The highest BCUT2D eigenvalue weighted by Crippen LogP contribution is 2.40. The molecule has 0 aliphatic carbocycles. The number of methoxy groups -OCH3 is 1. The van der Waals surface area contributed by atoms with Gasteiger partial charge < -0.3 is 28.6 Å². The number of aryl methyl sites for hydroxylation is 1. The predicted octanol–water partition coefficient (Wildman–Crippen LogP) is 8.70. The minimum absolute atomic E-state index is 0.0462. The fraction of sp³-hybridized carbons (Fsp3) is 0.452. The minimum Gasteiger partial charge on any atom is -0.497 e. The highest BCUT2D eigenvalue weighted by molar-refractivity contribution is 5.81. The van der Waals surface area contributed by atoms with Crippen molar-refractivity contribution in [3.05, 3.63) is 85.1 Å². The summed E-state index contributed by atoms with van der Waals surface area (Å²) in [5.74, 6) is 1.79. The van der Waals surface area contributed by atoms with Gasteiger partial charge in [0, 0.05) is 42.4 Å². The molecule has 2 aromatic heterocycles. The first-order valence-electron chi connectivity index (χ1n) is 18.1. The van der Waals surface area contributed by atoms with Crippen molar-refractivity contribution in [1.82, 2.24) is 14.6 Å². The maximum atomic E-state index is 13.7. The molecule has 52 heavy (non-hydrogen) atoms. The molecule has 0 saturated carbocycles. The molecule has 1 fully saturated rings. The molecule has 0 bridgehead atoms. The van der Waals surface area contributed by atoms with Crippen molar-refractivity contribution in [3.63, 3.8) is 0 Å². The molecule has 4 aromatic rings. The Hall–Kier alpha value is -4.67. The fourth-order valence-corrected chi connectivity index (χ4v) is 6.57. The van der Waals surface area contributed by atoms with Gasteiger partial charge in [0.2, 0.25) is 0 Å². The first-order valence-corrected chi connectivity index (χ1v) is 18.1. The van der Waals surface area contributed by atoms with E-state index < -0.39 is 17.7 Å². The van der Waals surface area contributed by atoms with E-state index in [1.165, 1.54) is 0 Å². The van der Waals surface area contributed by atoms with Crippen LogP contribution in [0.25, 0.3) is 28.0 Å². The monoisotopic (exact) mass is 710 g/mol. The number of hydrogen-bond donors (Lipinski definition) is 0. The number of rotatable bonds is 15. The molecule has 0 amide bonds. The van der Waals surface area contributed by atoms with Crippen LogP contribution >= 0.6 is 0 Å². The van der Waals surface area contributed by atoms with Crippen LogP contribution in [0, 0.1) is 6.92 Å². The van der Waals surface area contributed by atoms with Crippen molar-refractivity contribution in [3.8, 4) is 33.9 Å². The van der Waals surface area contributed by atoms with E-state index in [4.69, 9.17) is 33.8 Å². The van der Waals surface area contributed by atoms with Crippen LogP contribution in [0.1, 0.15) is 78.2 Å². The zero-order chi connectivity index (χ0) is 37.6. The van der Waals surface area contributed by atoms with Gasteiger partial charge >= 0.3 is 5.97 Å². The molecule has 0 radical (unpaired) electrons. The Morgan fingerprint density at radius 1 is 1.06 bits per heavy atom. The molecule has 5 rings (SSSR count). The van der Waals surface area contributed by atoms with Gasteiger partial charge in [0.25, 0.3) is 0 Å². The number of carbonyl (C=O) groups excluding carboxylic acids is 1. The summed E-state index contributed by atoms with van der Waals surface area (Å²) in [6, 6.07) is 16.0. The normalized spacial score (nSPS) is 15.6. The van der Waals surface area contributed by atoms with E-state index in [0.29, 0.717) is 36.6 Å². The summed E-state index contributed by atoms with van der Waals surface area (Å²) in [6.07, 6.45) is 4.86. The molecule has 1 aliphatic rings. The zero-order valence-electron chi connectivity index (χ0n) is 32.0. The standard InChI is InChI=1S/C42H54N4O6/c1-11-15-28(4)51-35-19-18-32(48-10)26-33(35)30-16-14-17-31(25-30)34-27-36-43-29(5)37(38(40(47)49-13-3)52-41(6,7)8)39(46(36)44-34)45-22-20-42(9,21-23-45)50-24-12-2/h11-12,14,16-19,25-28,38H,1-2,13,15,20-24H2,3-10H3. The van der Waals surface area contributed by atoms with Crippen molar-refractivity contribution < 1.29 is 28.5 Å². The Labute approximate surface area is 308 Å². The number of hydrogen-bond acceptors (Lipinski definition) is 9. The van der Waals surface area contributed by atoms with Gasteiger partial charge in [0.1, 0.15) is 17.3 Å². The molecular formula is C42H54N4O6. The van der Waals surface area contributed by atoms with Gasteiger partial charge in [-0.25, -0.2) is 9.78 Å². The van der Waals surface area contributed by atoms with Crippen LogP contribution in [0.3, 0.4) is 0 Å². The number of carbonyl (C=O) groups is 1. The lowest BCUT2D eigenvalue weighted by molar-refractivity contribution is -0.166. The zero-order valence-corrected chi connectivity index (χ0v) is 32.0. The number of aromatic nitrogens is 3. The summed E-state index contributed by atoms with van der Waals surface area (Å²) in [5, 5.41) is 5.19. The van der Waals surface area contributed by atoms with Crippen LogP contribution in [0.15, 0.2) is 73.8 Å². The molecule has 10 heteroatoms. The maximum Gasteiger partial charge on any atom is 0.340 e. The quantitative estimate of drug-likeness (QED) is 0.0887. The summed E-state index contributed by atoms with van der Waals surface area (Å²) in [4.78, 5) is 20.9. The summed E-state index contributed by atoms with van der Waals surface area (Å²) in [6.45, 7) is 23.4. The Balaban J connectivity index is 1.65. The van der Waals surface area contributed by atoms with E-state index in [2.05, 4.69) is 37.1 Å². The SMILES string of the molecule is C=CCOC1(C)CCN(c2c(C(OC(C)(C)C)C(=O)OCC)c(C)nc3cc(-c4cccc(-c5cc(OC)ccc5OC(C)CC=C)c4)nn23)CC1. The van der Waals surface area contributed by atoms with Gasteiger partial charge in [-0.3, -0.25) is 0 Å². The Kier molecular flexibility index (Phi) is 12.1. The summed E-state index contributed by atoms with van der Waals surface area (Å²) >= 11 is 0. The fourth-order valence-electron chi connectivity index (χ4n) is 6.57. The van der Waals surface area contributed by atoms with Gasteiger partial charge in [-0.05, 0) is 91.1 Å². The van der Waals surface area contributed by atoms with Crippen molar-refractivity contribution in [2.45, 2.75) is 91.1 Å². The van der Waals surface area contributed by atoms with Gasteiger partial charge in [-0.2, -0.15) is 9.61 Å². The molecule has 278 valence electrons. The molecule has 2 atom stereocenters. The van der Waals surface area contributed by atoms with Crippen LogP contribution < -0.4 is 14.4 Å². The van der Waals surface area contributed by atoms with Crippen LogP contribution in [0.4, 0.5) is 5.82 Å². The van der Waals surface area contributed by atoms with E-state index in [1.807, 2.05) is 81.6 Å². The lowest BCUT2D eigenvalue weighted by Crippen LogP contribution is -2.45. The minimum atomic E-state index is -1.01. The molecule has 2 aromatic carbocycles.